The lowest BCUT2D eigenvalue weighted by molar-refractivity contribution is -0.143. The summed E-state index contributed by atoms with van der Waals surface area (Å²) in [6.45, 7) is 2.67. The molecular formula is C13H24N4O6. The first kappa shape index (κ1) is 20.8. The van der Waals surface area contributed by atoms with Crippen molar-refractivity contribution in [2.75, 3.05) is 6.61 Å². The van der Waals surface area contributed by atoms with Gasteiger partial charge in [-0.3, -0.25) is 14.4 Å². The predicted molar refractivity (Wildman–Crippen MR) is 79.8 cm³/mol. The van der Waals surface area contributed by atoms with Gasteiger partial charge in [-0.15, -0.1) is 0 Å². The second-order valence-corrected chi connectivity index (χ2v) is 5.23. The van der Waals surface area contributed by atoms with Gasteiger partial charge in [-0.2, -0.15) is 0 Å². The molecule has 3 amide bonds. The molecule has 0 aliphatic rings. The predicted octanol–water partition coefficient (Wildman–Crippen LogP) is -2.72. The molecule has 0 rings (SSSR count). The number of rotatable bonds is 10. The molecule has 0 saturated carbocycles. The van der Waals surface area contributed by atoms with Crippen LogP contribution in [0.4, 0.5) is 0 Å². The molecule has 0 aliphatic carbocycles. The average Bonchev–Trinajstić information content (AvgIpc) is 2.47. The summed E-state index contributed by atoms with van der Waals surface area (Å²) in [6, 6.07) is -3.75. The molecule has 0 bridgehead atoms. The normalized spacial score (nSPS) is 15.8. The molecular weight excluding hydrogens is 308 g/mol. The van der Waals surface area contributed by atoms with Crippen LogP contribution >= 0.6 is 0 Å². The van der Waals surface area contributed by atoms with Crippen molar-refractivity contribution in [2.24, 2.45) is 17.4 Å². The minimum atomic E-state index is -1.48. The van der Waals surface area contributed by atoms with Gasteiger partial charge in [0.2, 0.25) is 17.7 Å². The number of carbonyl (C=O) groups is 4. The molecule has 0 fully saturated rings. The van der Waals surface area contributed by atoms with Crippen LogP contribution in [0.5, 0.6) is 0 Å². The van der Waals surface area contributed by atoms with Crippen molar-refractivity contribution in [1.82, 2.24) is 10.6 Å². The van der Waals surface area contributed by atoms with E-state index in [0.717, 1.165) is 0 Å². The fraction of sp³-hybridized carbons (Fsp3) is 0.692. The summed E-state index contributed by atoms with van der Waals surface area (Å²) in [6.07, 6.45) is 0.134. The van der Waals surface area contributed by atoms with Crippen LogP contribution in [-0.2, 0) is 19.2 Å². The number of aliphatic hydroxyl groups is 1. The zero-order valence-electron chi connectivity index (χ0n) is 13.1. The lowest BCUT2D eigenvalue weighted by Gasteiger charge is -2.26. The number of aliphatic hydroxyl groups excluding tert-OH is 1. The Bertz CT molecular complexity index is 456. The molecule has 0 saturated heterocycles. The molecule has 0 aliphatic heterocycles. The molecule has 0 heterocycles. The maximum atomic E-state index is 12.2. The average molecular weight is 332 g/mol. The molecule has 0 aromatic heterocycles. The van der Waals surface area contributed by atoms with Gasteiger partial charge in [0.05, 0.1) is 19.1 Å². The molecule has 0 spiro atoms. The fourth-order valence-electron chi connectivity index (χ4n) is 1.72. The van der Waals surface area contributed by atoms with E-state index in [4.69, 9.17) is 21.7 Å². The smallest absolute Gasteiger partial charge is 0.328 e. The molecule has 23 heavy (non-hydrogen) atoms. The summed E-state index contributed by atoms with van der Waals surface area (Å²) >= 11 is 0. The largest absolute Gasteiger partial charge is 0.480 e. The molecule has 10 heteroatoms. The molecule has 4 unspecified atom stereocenters. The summed E-state index contributed by atoms with van der Waals surface area (Å²) in [5.41, 5.74) is 10.5. The Morgan fingerprint density at radius 2 is 1.70 bits per heavy atom. The van der Waals surface area contributed by atoms with Gasteiger partial charge in [-0.05, 0) is 5.92 Å². The van der Waals surface area contributed by atoms with Gasteiger partial charge in [0.1, 0.15) is 12.1 Å². The number of carbonyl (C=O) groups excluding carboxylic acids is 3. The van der Waals surface area contributed by atoms with Gasteiger partial charge in [0.25, 0.3) is 0 Å². The summed E-state index contributed by atoms with van der Waals surface area (Å²) in [5, 5.41) is 22.3. The highest BCUT2D eigenvalue weighted by molar-refractivity contribution is 5.93. The van der Waals surface area contributed by atoms with E-state index in [-0.39, 0.29) is 12.3 Å². The topological polar surface area (TPSA) is 185 Å². The zero-order valence-corrected chi connectivity index (χ0v) is 13.1. The Morgan fingerprint density at radius 1 is 1.13 bits per heavy atom. The quantitative estimate of drug-likeness (QED) is 0.251. The number of nitrogens with one attached hydrogen (secondary N) is 2. The van der Waals surface area contributed by atoms with Crippen LogP contribution in [0.25, 0.3) is 0 Å². The van der Waals surface area contributed by atoms with E-state index in [1.54, 1.807) is 13.8 Å². The van der Waals surface area contributed by atoms with Gasteiger partial charge in [-0.1, -0.05) is 20.3 Å². The summed E-state index contributed by atoms with van der Waals surface area (Å²) in [4.78, 5) is 45.7. The van der Waals surface area contributed by atoms with Crippen molar-refractivity contribution in [2.45, 2.75) is 44.8 Å². The van der Waals surface area contributed by atoms with Gasteiger partial charge < -0.3 is 32.3 Å². The maximum absolute atomic E-state index is 12.2. The van der Waals surface area contributed by atoms with Gasteiger partial charge in [0, 0.05) is 0 Å². The number of aliphatic carboxylic acids is 1. The standard InChI is InChI=1S/C13H24N4O6/c1-3-6(2)10(12(21)16-8(5-18)13(22)23)17-11(20)7(14)4-9(15)19/h6-8,10,18H,3-5,14H2,1-2H3,(H2,15,19)(H,16,21)(H,17,20)(H,22,23). The van der Waals surface area contributed by atoms with E-state index < -0.39 is 48.4 Å². The van der Waals surface area contributed by atoms with Crippen LogP contribution in [0.1, 0.15) is 26.7 Å². The summed E-state index contributed by atoms with van der Waals surface area (Å²) < 4.78 is 0. The molecule has 10 nitrogen and oxygen atoms in total. The number of amides is 3. The SMILES string of the molecule is CCC(C)C(NC(=O)C(N)CC(N)=O)C(=O)NC(CO)C(=O)O. The molecule has 132 valence electrons. The first-order valence-corrected chi connectivity index (χ1v) is 7.12. The van der Waals surface area contributed by atoms with Crippen molar-refractivity contribution in [3.05, 3.63) is 0 Å². The molecule has 8 N–H and O–H groups in total. The van der Waals surface area contributed by atoms with E-state index in [0.29, 0.717) is 6.42 Å². The Hall–Kier alpha value is -2.20. The fourth-order valence-corrected chi connectivity index (χ4v) is 1.72. The third-order valence-electron chi connectivity index (χ3n) is 3.35. The molecule has 4 atom stereocenters. The Balaban J connectivity index is 5.00. The van der Waals surface area contributed by atoms with Crippen molar-refractivity contribution in [3.63, 3.8) is 0 Å². The van der Waals surface area contributed by atoms with E-state index in [2.05, 4.69) is 10.6 Å². The monoisotopic (exact) mass is 332 g/mol. The Morgan fingerprint density at radius 3 is 2.09 bits per heavy atom. The molecule has 0 aromatic rings. The summed E-state index contributed by atoms with van der Waals surface area (Å²) in [5.74, 6) is -4.00. The van der Waals surface area contributed by atoms with E-state index in [1.165, 1.54) is 0 Å². The first-order valence-electron chi connectivity index (χ1n) is 7.12. The van der Waals surface area contributed by atoms with Crippen LogP contribution in [0.3, 0.4) is 0 Å². The number of primary amides is 1. The highest BCUT2D eigenvalue weighted by Crippen LogP contribution is 2.09. The number of carboxylic acids is 1. The van der Waals surface area contributed by atoms with Crippen molar-refractivity contribution >= 4 is 23.7 Å². The van der Waals surface area contributed by atoms with Crippen LogP contribution in [0, 0.1) is 5.92 Å². The second-order valence-electron chi connectivity index (χ2n) is 5.23. The number of carboxylic acid groups (broad SMARTS) is 1. The van der Waals surface area contributed by atoms with E-state index >= 15 is 0 Å². The van der Waals surface area contributed by atoms with E-state index in [9.17, 15) is 19.2 Å². The molecule has 0 aromatic carbocycles. The van der Waals surface area contributed by atoms with Gasteiger partial charge >= 0.3 is 5.97 Å². The van der Waals surface area contributed by atoms with Crippen LogP contribution in [-0.4, -0.2) is 58.6 Å². The van der Waals surface area contributed by atoms with Gasteiger partial charge in [0.15, 0.2) is 0 Å². The number of hydrogen-bond donors (Lipinski definition) is 6. The molecule has 0 radical (unpaired) electrons. The highest BCUT2D eigenvalue weighted by atomic mass is 16.4. The number of nitrogens with two attached hydrogens (primary N) is 2. The summed E-state index contributed by atoms with van der Waals surface area (Å²) in [7, 11) is 0. The van der Waals surface area contributed by atoms with Crippen molar-refractivity contribution in [1.29, 1.82) is 0 Å². The van der Waals surface area contributed by atoms with Crippen LogP contribution in [0.2, 0.25) is 0 Å². The number of hydrogen-bond acceptors (Lipinski definition) is 6. The first-order chi connectivity index (χ1) is 10.6. The lowest BCUT2D eigenvalue weighted by atomic mass is 9.97. The third-order valence-corrected chi connectivity index (χ3v) is 3.35. The maximum Gasteiger partial charge on any atom is 0.328 e. The third kappa shape index (κ3) is 7.06. The van der Waals surface area contributed by atoms with Crippen LogP contribution in [0.15, 0.2) is 0 Å². The highest BCUT2D eigenvalue weighted by Gasteiger charge is 2.30. The van der Waals surface area contributed by atoms with E-state index in [1.807, 2.05) is 0 Å². The minimum absolute atomic E-state index is 0.326. The lowest BCUT2D eigenvalue weighted by Crippen LogP contribution is -2.57. The second kappa shape index (κ2) is 9.74. The van der Waals surface area contributed by atoms with Crippen molar-refractivity contribution in [3.8, 4) is 0 Å². The van der Waals surface area contributed by atoms with Gasteiger partial charge in [-0.25, -0.2) is 4.79 Å². The Labute approximate surface area is 133 Å². The van der Waals surface area contributed by atoms with Crippen LogP contribution < -0.4 is 22.1 Å². The minimum Gasteiger partial charge on any atom is -0.480 e. The van der Waals surface area contributed by atoms with Crippen molar-refractivity contribution < 1.29 is 29.4 Å². The Kier molecular flexibility index (Phi) is 8.81. The zero-order chi connectivity index (χ0) is 18.2.